The van der Waals surface area contributed by atoms with Crippen LogP contribution in [0.5, 0.6) is 0 Å². The molecule has 0 radical (unpaired) electrons. The zero-order valence-electron chi connectivity index (χ0n) is 9.34. The molecule has 0 N–H and O–H groups in total. The Morgan fingerprint density at radius 3 is 2.50 bits per heavy atom. The van der Waals surface area contributed by atoms with Crippen LogP contribution in [0.1, 0.15) is 39.0 Å². The average Bonchev–Trinajstić information content (AvgIpc) is 2.63. The molecular formula is C12H23NS. The number of nitrogens with zero attached hydrogens (tertiary/aromatic N) is 1. The summed E-state index contributed by atoms with van der Waals surface area (Å²) in [5.41, 5.74) is 0.718. The van der Waals surface area contributed by atoms with Gasteiger partial charge in [0.25, 0.3) is 0 Å². The normalized spacial score (nSPS) is 39.4. The van der Waals surface area contributed by atoms with E-state index in [4.69, 9.17) is 0 Å². The Morgan fingerprint density at radius 2 is 2.00 bits per heavy atom. The molecule has 2 fully saturated rings. The number of hydrogen-bond donors (Lipinski definition) is 1. The summed E-state index contributed by atoms with van der Waals surface area (Å²) in [7, 11) is 0. The second-order valence-corrected chi connectivity index (χ2v) is 5.61. The molecular weight excluding hydrogens is 190 g/mol. The monoisotopic (exact) mass is 213 g/mol. The maximum Gasteiger partial charge on any atom is 0.00383 e. The molecule has 2 heteroatoms. The van der Waals surface area contributed by atoms with Crippen molar-refractivity contribution in [3.05, 3.63) is 0 Å². The van der Waals surface area contributed by atoms with Crippen molar-refractivity contribution in [2.45, 2.75) is 39.0 Å². The van der Waals surface area contributed by atoms with E-state index in [1.807, 2.05) is 0 Å². The summed E-state index contributed by atoms with van der Waals surface area (Å²) in [6.45, 7) is 6.26. The van der Waals surface area contributed by atoms with E-state index in [-0.39, 0.29) is 0 Å². The molecule has 82 valence electrons. The Kier molecular flexibility index (Phi) is 3.43. The lowest BCUT2D eigenvalue weighted by Crippen LogP contribution is -2.31. The fourth-order valence-electron chi connectivity index (χ4n) is 3.18. The Morgan fingerprint density at radius 1 is 1.29 bits per heavy atom. The van der Waals surface area contributed by atoms with Crippen molar-refractivity contribution in [2.24, 2.45) is 11.3 Å². The van der Waals surface area contributed by atoms with Crippen LogP contribution in [0.2, 0.25) is 0 Å². The van der Waals surface area contributed by atoms with Crippen molar-refractivity contribution in [1.82, 2.24) is 4.90 Å². The summed E-state index contributed by atoms with van der Waals surface area (Å²) in [6.07, 6.45) is 7.26. The Labute approximate surface area is 93.7 Å². The molecule has 0 bridgehead atoms. The molecule has 0 unspecified atom stereocenters. The molecule has 0 amide bonds. The third-order valence-corrected chi connectivity index (χ3v) is 4.91. The van der Waals surface area contributed by atoms with Crippen molar-refractivity contribution in [1.29, 1.82) is 0 Å². The van der Waals surface area contributed by atoms with E-state index in [1.165, 1.54) is 51.7 Å². The van der Waals surface area contributed by atoms with E-state index in [1.54, 1.807) is 0 Å². The summed E-state index contributed by atoms with van der Waals surface area (Å²) in [5, 5.41) is 0. The van der Waals surface area contributed by atoms with Crippen LogP contribution >= 0.6 is 12.6 Å². The first-order valence-electron chi connectivity index (χ1n) is 6.11. The molecule has 1 heterocycles. The molecule has 1 saturated carbocycles. The van der Waals surface area contributed by atoms with Gasteiger partial charge in [0.1, 0.15) is 0 Å². The minimum atomic E-state index is 0.718. The van der Waals surface area contributed by atoms with Gasteiger partial charge in [-0.2, -0.15) is 12.6 Å². The molecule has 0 atom stereocenters. The van der Waals surface area contributed by atoms with Crippen LogP contribution in [-0.2, 0) is 0 Å². The van der Waals surface area contributed by atoms with E-state index >= 15 is 0 Å². The predicted octanol–water partition coefficient (Wildman–Crippen LogP) is 2.82. The van der Waals surface area contributed by atoms with Crippen molar-refractivity contribution in [3.63, 3.8) is 0 Å². The van der Waals surface area contributed by atoms with Crippen LogP contribution in [0.25, 0.3) is 0 Å². The van der Waals surface area contributed by atoms with Crippen molar-refractivity contribution < 1.29 is 0 Å². The topological polar surface area (TPSA) is 3.24 Å². The molecule has 0 aromatic heterocycles. The molecule has 0 aromatic carbocycles. The van der Waals surface area contributed by atoms with Gasteiger partial charge in [0, 0.05) is 6.54 Å². The second-order valence-electron chi connectivity index (χ2n) is 5.24. The SMILES string of the molecule is CCN1CCC2(CCC(CS)CC2)C1. The Balaban J connectivity index is 1.87. The lowest BCUT2D eigenvalue weighted by Gasteiger charge is -2.36. The fourth-order valence-corrected chi connectivity index (χ4v) is 3.54. The summed E-state index contributed by atoms with van der Waals surface area (Å²) in [6, 6.07) is 0. The lowest BCUT2D eigenvalue weighted by atomic mass is 9.70. The van der Waals surface area contributed by atoms with Gasteiger partial charge in [-0.1, -0.05) is 6.92 Å². The standard InChI is InChI=1S/C12H23NS/c1-2-13-8-7-12(10-13)5-3-11(9-14)4-6-12/h11,14H,2-10H2,1H3. The van der Waals surface area contributed by atoms with E-state index in [9.17, 15) is 0 Å². The molecule has 1 nitrogen and oxygen atoms in total. The van der Waals surface area contributed by atoms with Crippen LogP contribution in [0.3, 0.4) is 0 Å². The van der Waals surface area contributed by atoms with Gasteiger partial charge in [0.05, 0.1) is 0 Å². The summed E-state index contributed by atoms with van der Waals surface area (Å²) in [4.78, 5) is 2.63. The molecule has 14 heavy (non-hydrogen) atoms. The molecule has 2 rings (SSSR count). The highest BCUT2D eigenvalue weighted by molar-refractivity contribution is 7.80. The van der Waals surface area contributed by atoms with E-state index in [0.29, 0.717) is 0 Å². The van der Waals surface area contributed by atoms with Crippen molar-refractivity contribution in [3.8, 4) is 0 Å². The first kappa shape index (κ1) is 10.8. The highest BCUT2D eigenvalue weighted by Crippen LogP contribution is 2.45. The van der Waals surface area contributed by atoms with Crippen molar-refractivity contribution >= 4 is 12.6 Å². The van der Waals surface area contributed by atoms with Crippen molar-refractivity contribution in [2.75, 3.05) is 25.4 Å². The minimum Gasteiger partial charge on any atom is -0.303 e. The van der Waals surface area contributed by atoms with Gasteiger partial charge >= 0.3 is 0 Å². The first-order chi connectivity index (χ1) is 6.78. The van der Waals surface area contributed by atoms with Gasteiger partial charge in [-0.25, -0.2) is 0 Å². The first-order valence-corrected chi connectivity index (χ1v) is 6.74. The van der Waals surface area contributed by atoms with Crippen LogP contribution in [-0.4, -0.2) is 30.3 Å². The van der Waals surface area contributed by atoms with E-state index in [0.717, 1.165) is 17.1 Å². The van der Waals surface area contributed by atoms with Gasteiger partial charge in [-0.3, -0.25) is 0 Å². The maximum absolute atomic E-state index is 4.42. The molecule has 1 spiro atoms. The lowest BCUT2D eigenvalue weighted by molar-refractivity contribution is 0.160. The zero-order valence-corrected chi connectivity index (χ0v) is 10.2. The number of thiol groups is 1. The number of hydrogen-bond acceptors (Lipinski definition) is 2. The number of likely N-dealkylation sites (tertiary alicyclic amines) is 1. The fraction of sp³-hybridized carbons (Fsp3) is 1.00. The van der Waals surface area contributed by atoms with Gasteiger partial charge in [-0.15, -0.1) is 0 Å². The van der Waals surface area contributed by atoms with Gasteiger partial charge in [0.2, 0.25) is 0 Å². The van der Waals surface area contributed by atoms with Crippen LogP contribution < -0.4 is 0 Å². The van der Waals surface area contributed by atoms with E-state index in [2.05, 4.69) is 24.5 Å². The second kappa shape index (κ2) is 4.44. The smallest absolute Gasteiger partial charge is 0.00383 e. The predicted molar refractivity (Wildman–Crippen MR) is 65.0 cm³/mol. The summed E-state index contributed by atoms with van der Waals surface area (Å²) >= 11 is 4.42. The van der Waals surface area contributed by atoms with Crippen LogP contribution in [0.4, 0.5) is 0 Å². The van der Waals surface area contributed by atoms with Gasteiger partial charge in [0.15, 0.2) is 0 Å². The summed E-state index contributed by atoms with van der Waals surface area (Å²) < 4.78 is 0. The summed E-state index contributed by atoms with van der Waals surface area (Å²) in [5.74, 6) is 2.02. The molecule has 1 saturated heterocycles. The minimum absolute atomic E-state index is 0.718. The van der Waals surface area contributed by atoms with Gasteiger partial charge < -0.3 is 4.90 Å². The largest absolute Gasteiger partial charge is 0.303 e. The quantitative estimate of drug-likeness (QED) is 0.690. The molecule has 1 aliphatic heterocycles. The molecule has 1 aliphatic carbocycles. The maximum atomic E-state index is 4.42. The van der Waals surface area contributed by atoms with Crippen LogP contribution in [0.15, 0.2) is 0 Å². The average molecular weight is 213 g/mol. The molecule has 0 aromatic rings. The zero-order chi connectivity index (χ0) is 10.0. The molecule has 2 aliphatic rings. The van der Waals surface area contributed by atoms with Crippen LogP contribution in [0, 0.1) is 11.3 Å². The third kappa shape index (κ3) is 2.11. The Hall–Kier alpha value is 0.310. The third-order valence-electron chi connectivity index (χ3n) is 4.39. The van der Waals surface area contributed by atoms with Gasteiger partial charge in [-0.05, 0) is 62.3 Å². The Bertz CT molecular complexity index is 185. The highest BCUT2D eigenvalue weighted by atomic mass is 32.1. The highest BCUT2D eigenvalue weighted by Gasteiger charge is 2.39. The van der Waals surface area contributed by atoms with E-state index < -0.39 is 0 Å². The number of rotatable bonds is 2.